The SMILES string of the molecule is COc1cc([N+](=O)[O-])ccc1NC1Cc2ccccc2C1. The second-order valence-electron chi connectivity index (χ2n) is 5.16. The molecule has 0 bridgehead atoms. The van der Waals surface area contributed by atoms with Crippen LogP contribution in [0.1, 0.15) is 11.1 Å². The molecule has 0 saturated carbocycles. The van der Waals surface area contributed by atoms with Gasteiger partial charge in [0.05, 0.1) is 23.8 Å². The number of hydrogen-bond donors (Lipinski definition) is 1. The predicted octanol–water partition coefficient (Wildman–Crippen LogP) is 3.18. The molecule has 0 saturated heterocycles. The van der Waals surface area contributed by atoms with Gasteiger partial charge in [-0.05, 0) is 30.0 Å². The summed E-state index contributed by atoms with van der Waals surface area (Å²) in [6, 6.07) is 13.3. The lowest BCUT2D eigenvalue weighted by Gasteiger charge is -2.16. The number of nitro benzene ring substituents is 1. The summed E-state index contributed by atoms with van der Waals surface area (Å²) in [4.78, 5) is 10.4. The highest BCUT2D eigenvalue weighted by Gasteiger charge is 2.22. The van der Waals surface area contributed by atoms with Crippen LogP contribution in [0.25, 0.3) is 0 Å². The first-order chi connectivity index (χ1) is 10.2. The quantitative estimate of drug-likeness (QED) is 0.691. The van der Waals surface area contributed by atoms with E-state index in [0.29, 0.717) is 5.75 Å². The number of nitrogens with zero attached hydrogens (tertiary/aromatic N) is 1. The van der Waals surface area contributed by atoms with Gasteiger partial charge in [-0.25, -0.2) is 0 Å². The predicted molar refractivity (Wildman–Crippen MR) is 80.9 cm³/mol. The van der Waals surface area contributed by atoms with Crippen molar-refractivity contribution in [2.75, 3.05) is 12.4 Å². The van der Waals surface area contributed by atoms with Crippen molar-refractivity contribution in [3.05, 3.63) is 63.7 Å². The minimum atomic E-state index is -0.419. The van der Waals surface area contributed by atoms with Crippen LogP contribution in [0.3, 0.4) is 0 Å². The van der Waals surface area contributed by atoms with E-state index in [1.807, 2.05) is 12.1 Å². The molecule has 0 heterocycles. The van der Waals surface area contributed by atoms with Gasteiger partial charge < -0.3 is 10.1 Å². The standard InChI is InChI=1S/C16H16N2O3/c1-21-16-10-14(18(19)20)6-7-15(16)17-13-8-11-4-2-3-5-12(11)9-13/h2-7,10,13,17H,8-9H2,1H3. The molecular weight excluding hydrogens is 268 g/mol. The van der Waals surface area contributed by atoms with Gasteiger partial charge in [-0.1, -0.05) is 24.3 Å². The number of hydrogen-bond acceptors (Lipinski definition) is 4. The van der Waals surface area contributed by atoms with E-state index < -0.39 is 4.92 Å². The van der Waals surface area contributed by atoms with Crippen LogP contribution in [-0.2, 0) is 12.8 Å². The maximum absolute atomic E-state index is 10.8. The zero-order valence-electron chi connectivity index (χ0n) is 11.7. The first-order valence-corrected chi connectivity index (χ1v) is 6.83. The van der Waals surface area contributed by atoms with Gasteiger partial charge in [0.15, 0.2) is 0 Å². The fourth-order valence-electron chi connectivity index (χ4n) is 2.79. The topological polar surface area (TPSA) is 64.4 Å². The van der Waals surface area contributed by atoms with Gasteiger partial charge in [0.1, 0.15) is 5.75 Å². The number of fused-ring (bicyclic) bond motifs is 1. The molecule has 5 heteroatoms. The van der Waals surface area contributed by atoms with Crippen LogP contribution in [0.5, 0.6) is 5.75 Å². The van der Waals surface area contributed by atoms with E-state index in [1.54, 1.807) is 6.07 Å². The number of ether oxygens (including phenoxy) is 1. The molecule has 0 atom stereocenters. The fourth-order valence-corrected chi connectivity index (χ4v) is 2.79. The van der Waals surface area contributed by atoms with Crippen molar-refractivity contribution in [3.8, 4) is 5.75 Å². The molecule has 3 rings (SSSR count). The number of nitrogens with one attached hydrogen (secondary N) is 1. The first kappa shape index (κ1) is 13.4. The third-order valence-electron chi connectivity index (χ3n) is 3.81. The maximum atomic E-state index is 10.8. The van der Waals surface area contributed by atoms with E-state index in [4.69, 9.17) is 4.74 Å². The van der Waals surface area contributed by atoms with Gasteiger partial charge in [0.25, 0.3) is 5.69 Å². The van der Waals surface area contributed by atoms with Crippen molar-refractivity contribution in [2.45, 2.75) is 18.9 Å². The Morgan fingerprint density at radius 3 is 2.43 bits per heavy atom. The van der Waals surface area contributed by atoms with Crippen LogP contribution < -0.4 is 10.1 Å². The van der Waals surface area contributed by atoms with Gasteiger partial charge >= 0.3 is 0 Å². The summed E-state index contributed by atoms with van der Waals surface area (Å²) in [6.45, 7) is 0. The van der Waals surface area contributed by atoms with Gasteiger partial charge in [-0.3, -0.25) is 10.1 Å². The van der Waals surface area contributed by atoms with Crippen LogP contribution >= 0.6 is 0 Å². The molecule has 21 heavy (non-hydrogen) atoms. The summed E-state index contributed by atoms with van der Waals surface area (Å²) in [6.07, 6.45) is 1.91. The molecule has 0 unspecified atom stereocenters. The largest absolute Gasteiger partial charge is 0.494 e. The third kappa shape index (κ3) is 2.67. The molecule has 0 fully saturated rings. The summed E-state index contributed by atoms with van der Waals surface area (Å²) in [5, 5.41) is 14.2. The molecule has 0 aromatic heterocycles. The third-order valence-corrected chi connectivity index (χ3v) is 3.81. The Bertz CT molecular complexity index is 660. The van der Waals surface area contributed by atoms with E-state index in [0.717, 1.165) is 18.5 Å². The molecule has 0 spiro atoms. The lowest BCUT2D eigenvalue weighted by Crippen LogP contribution is -2.19. The van der Waals surface area contributed by atoms with Crippen LogP contribution in [-0.4, -0.2) is 18.1 Å². The van der Waals surface area contributed by atoms with Crippen LogP contribution in [0.2, 0.25) is 0 Å². The molecule has 0 amide bonds. The molecule has 1 N–H and O–H groups in total. The van der Waals surface area contributed by atoms with E-state index in [2.05, 4.69) is 17.4 Å². The zero-order valence-corrected chi connectivity index (χ0v) is 11.7. The first-order valence-electron chi connectivity index (χ1n) is 6.83. The zero-order chi connectivity index (χ0) is 14.8. The highest BCUT2D eigenvalue weighted by Crippen LogP contribution is 2.32. The number of benzene rings is 2. The Morgan fingerprint density at radius 2 is 1.86 bits per heavy atom. The molecule has 0 aliphatic heterocycles. The van der Waals surface area contributed by atoms with Crippen molar-refractivity contribution < 1.29 is 9.66 Å². The van der Waals surface area contributed by atoms with E-state index in [9.17, 15) is 10.1 Å². The van der Waals surface area contributed by atoms with Crippen molar-refractivity contribution in [1.82, 2.24) is 0 Å². The number of nitro groups is 1. The second kappa shape index (κ2) is 5.44. The normalized spacial score (nSPS) is 13.8. The summed E-state index contributed by atoms with van der Waals surface area (Å²) >= 11 is 0. The molecule has 108 valence electrons. The Kier molecular flexibility index (Phi) is 3.48. The van der Waals surface area contributed by atoms with Crippen molar-refractivity contribution in [1.29, 1.82) is 0 Å². The van der Waals surface area contributed by atoms with Gasteiger partial charge in [-0.2, -0.15) is 0 Å². The number of rotatable bonds is 4. The monoisotopic (exact) mass is 284 g/mol. The summed E-state index contributed by atoms with van der Waals surface area (Å²) in [7, 11) is 1.52. The smallest absolute Gasteiger partial charge is 0.273 e. The Morgan fingerprint density at radius 1 is 1.19 bits per heavy atom. The molecule has 1 aliphatic rings. The summed E-state index contributed by atoms with van der Waals surface area (Å²) in [5.41, 5.74) is 3.54. The number of methoxy groups -OCH3 is 1. The average Bonchev–Trinajstić information content (AvgIpc) is 2.89. The molecule has 2 aromatic rings. The van der Waals surface area contributed by atoms with E-state index in [1.165, 1.54) is 30.4 Å². The molecule has 5 nitrogen and oxygen atoms in total. The van der Waals surface area contributed by atoms with E-state index >= 15 is 0 Å². The lowest BCUT2D eigenvalue weighted by molar-refractivity contribution is -0.384. The molecule has 2 aromatic carbocycles. The second-order valence-corrected chi connectivity index (χ2v) is 5.16. The highest BCUT2D eigenvalue weighted by molar-refractivity contribution is 5.61. The van der Waals surface area contributed by atoms with Crippen molar-refractivity contribution in [3.63, 3.8) is 0 Å². The minimum Gasteiger partial charge on any atom is -0.494 e. The van der Waals surface area contributed by atoms with Crippen LogP contribution in [0.4, 0.5) is 11.4 Å². The van der Waals surface area contributed by atoms with Gasteiger partial charge in [-0.15, -0.1) is 0 Å². The maximum Gasteiger partial charge on any atom is 0.273 e. The summed E-state index contributed by atoms with van der Waals surface area (Å²) < 4.78 is 5.26. The molecule has 0 radical (unpaired) electrons. The molecule has 1 aliphatic carbocycles. The van der Waals surface area contributed by atoms with Crippen molar-refractivity contribution >= 4 is 11.4 Å². The average molecular weight is 284 g/mol. The Hall–Kier alpha value is -2.56. The van der Waals surface area contributed by atoms with Gasteiger partial charge in [0.2, 0.25) is 0 Å². The number of anilines is 1. The molecular formula is C16H16N2O3. The Balaban J connectivity index is 1.79. The minimum absolute atomic E-state index is 0.0344. The highest BCUT2D eigenvalue weighted by atomic mass is 16.6. The Labute approximate surface area is 122 Å². The van der Waals surface area contributed by atoms with Gasteiger partial charge in [0, 0.05) is 12.1 Å². The lowest BCUT2D eigenvalue weighted by atomic mass is 10.1. The van der Waals surface area contributed by atoms with Crippen LogP contribution in [0.15, 0.2) is 42.5 Å². The number of non-ortho nitro benzene ring substituents is 1. The summed E-state index contributed by atoms with van der Waals surface area (Å²) in [5.74, 6) is 0.500. The van der Waals surface area contributed by atoms with E-state index in [-0.39, 0.29) is 11.7 Å². The van der Waals surface area contributed by atoms with Crippen LogP contribution in [0, 0.1) is 10.1 Å². The van der Waals surface area contributed by atoms with Crippen molar-refractivity contribution in [2.24, 2.45) is 0 Å². The fraction of sp³-hybridized carbons (Fsp3) is 0.250.